The minimum Gasteiger partial charge on any atom is -0.422 e. The average Bonchev–Trinajstić information content (AvgIpc) is 2.29. The van der Waals surface area contributed by atoms with Crippen LogP contribution < -0.4 is 10.4 Å². The van der Waals surface area contributed by atoms with Gasteiger partial charge in [0.2, 0.25) is 0 Å². The molecule has 1 aromatic carbocycles. The van der Waals surface area contributed by atoms with Crippen LogP contribution >= 0.6 is 0 Å². The molecule has 0 fully saturated rings. The highest BCUT2D eigenvalue weighted by Crippen LogP contribution is 2.24. The molecule has 0 saturated heterocycles. The molecule has 2 rings (SSSR count). The summed E-state index contributed by atoms with van der Waals surface area (Å²) < 4.78 is 10.1. The van der Waals surface area contributed by atoms with E-state index in [9.17, 15) is 9.59 Å². The van der Waals surface area contributed by atoms with Crippen molar-refractivity contribution in [3.63, 3.8) is 0 Å². The summed E-state index contributed by atoms with van der Waals surface area (Å²) in [5.41, 5.74) is -0.163. The normalized spacial score (nSPS) is 10.3. The quantitative estimate of drug-likeness (QED) is 0.440. The highest BCUT2D eigenvalue weighted by Gasteiger charge is 2.08. The average molecular weight is 218 g/mol. The summed E-state index contributed by atoms with van der Waals surface area (Å²) in [6.45, 7) is 1.70. The summed E-state index contributed by atoms with van der Waals surface area (Å²) in [6.07, 6.45) is 0.271. The third-order valence-electron chi connectivity index (χ3n) is 2.12. The van der Waals surface area contributed by atoms with Gasteiger partial charge in [-0.15, -0.1) is 0 Å². The number of para-hydroxylation sites is 1. The van der Waals surface area contributed by atoms with Crippen molar-refractivity contribution in [1.82, 2.24) is 0 Å². The van der Waals surface area contributed by atoms with E-state index in [2.05, 4.69) is 0 Å². The molecule has 0 bridgehead atoms. The highest BCUT2D eigenvalue weighted by atomic mass is 16.5. The summed E-state index contributed by atoms with van der Waals surface area (Å²) in [5.74, 6) is -0.0824. The number of esters is 1. The molecule has 4 nitrogen and oxygen atoms in total. The number of fused-ring (bicyclic) bond motifs is 1. The first-order valence-corrected chi connectivity index (χ1v) is 4.94. The van der Waals surface area contributed by atoms with E-state index in [1.54, 1.807) is 31.2 Å². The van der Waals surface area contributed by atoms with Gasteiger partial charge < -0.3 is 9.15 Å². The maximum absolute atomic E-state index is 11.2. The lowest BCUT2D eigenvalue weighted by Crippen LogP contribution is -2.06. The molecular formula is C12H10O4. The van der Waals surface area contributed by atoms with Gasteiger partial charge in [0.15, 0.2) is 11.3 Å². The molecule has 0 saturated carbocycles. The standard InChI is InChI=1S/C12H10O4/c1-2-10(13)15-9-5-3-4-8-6-7-11(14)16-12(8)9/h3-7H,2H2,1H3. The Balaban J connectivity index is 2.56. The summed E-state index contributed by atoms with van der Waals surface area (Å²) in [6, 6.07) is 8.07. The zero-order chi connectivity index (χ0) is 11.5. The highest BCUT2D eigenvalue weighted by molar-refractivity contribution is 5.85. The van der Waals surface area contributed by atoms with Crippen molar-refractivity contribution in [3.8, 4) is 5.75 Å². The molecule has 0 aliphatic rings. The molecule has 0 radical (unpaired) electrons. The molecule has 0 aliphatic carbocycles. The Morgan fingerprint density at radius 1 is 1.31 bits per heavy atom. The second-order valence-corrected chi connectivity index (χ2v) is 3.26. The number of rotatable bonds is 2. The predicted molar refractivity (Wildman–Crippen MR) is 58.4 cm³/mol. The molecule has 1 aromatic heterocycles. The van der Waals surface area contributed by atoms with Crippen LogP contribution in [0.4, 0.5) is 0 Å². The number of hydrogen-bond donors (Lipinski definition) is 0. The second-order valence-electron chi connectivity index (χ2n) is 3.26. The van der Waals surface area contributed by atoms with Gasteiger partial charge in [0.25, 0.3) is 0 Å². The maximum atomic E-state index is 11.2. The van der Waals surface area contributed by atoms with Gasteiger partial charge in [0.1, 0.15) is 0 Å². The first kappa shape index (κ1) is 10.4. The molecular weight excluding hydrogens is 208 g/mol. The van der Waals surface area contributed by atoms with Crippen molar-refractivity contribution >= 4 is 16.9 Å². The van der Waals surface area contributed by atoms with Crippen LogP contribution in [0.15, 0.2) is 39.5 Å². The molecule has 82 valence electrons. The molecule has 4 heteroatoms. The number of carbonyl (C=O) groups is 1. The zero-order valence-corrected chi connectivity index (χ0v) is 8.73. The largest absolute Gasteiger partial charge is 0.422 e. The van der Waals surface area contributed by atoms with Crippen molar-refractivity contribution in [2.75, 3.05) is 0 Å². The first-order chi connectivity index (χ1) is 7.70. The topological polar surface area (TPSA) is 56.5 Å². The zero-order valence-electron chi connectivity index (χ0n) is 8.73. The minimum atomic E-state index is -0.465. The number of benzene rings is 1. The molecule has 16 heavy (non-hydrogen) atoms. The van der Waals surface area contributed by atoms with Crippen LogP contribution in [-0.4, -0.2) is 5.97 Å². The van der Waals surface area contributed by atoms with Crippen LogP contribution in [0.1, 0.15) is 13.3 Å². The van der Waals surface area contributed by atoms with Gasteiger partial charge in [-0.3, -0.25) is 4.79 Å². The van der Waals surface area contributed by atoms with Gasteiger partial charge in [-0.25, -0.2) is 4.79 Å². The lowest BCUT2D eigenvalue weighted by Gasteiger charge is -2.04. The Morgan fingerprint density at radius 2 is 2.12 bits per heavy atom. The summed E-state index contributed by atoms with van der Waals surface area (Å²) in [7, 11) is 0. The maximum Gasteiger partial charge on any atom is 0.336 e. The van der Waals surface area contributed by atoms with E-state index in [-0.39, 0.29) is 18.1 Å². The molecule has 0 unspecified atom stereocenters. The SMILES string of the molecule is CCC(=O)Oc1cccc2ccc(=O)oc12. The smallest absolute Gasteiger partial charge is 0.336 e. The van der Waals surface area contributed by atoms with Crippen LogP contribution in [0.5, 0.6) is 5.75 Å². The Hall–Kier alpha value is -2.10. The van der Waals surface area contributed by atoms with Crippen LogP contribution in [-0.2, 0) is 4.79 Å². The van der Waals surface area contributed by atoms with E-state index in [1.807, 2.05) is 0 Å². The van der Waals surface area contributed by atoms with Crippen LogP contribution in [0.25, 0.3) is 11.0 Å². The molecule has 2 aromatic rings. The Kier molecular flexibility index (Phi) is 2.72. The number of carbonyl (C=O) groups excluding carboxylic acids is 1. The van der Waals surface area contributed by atoms with Gasteiger partial charge in [0, 0.05) is 17.9 Å². The van der Waals surface area contributed by atoms with Crippen LogP contribution in [0.2, 0.25) is 0 Å². The fourth-order valence-electron chi connectivity index (χ4n) is 1.34. The van der Waals surface area contributed by atoms with E-state index >= 15 is 0 Å². The van der Waals surface area contributed by atoms with Gasteiger partial charge in [-0.2, -0.15) is 0 Å². The first-order valence-electron chi connectivity index (χ1n) is 4.94. The minimum absolute atomic E-state index is 0.271. The lowest BCUT2D eigenvalue weighted by molar-refractivity contribution is -0.133. The van der Waals surface area contributed by atoms with E-state index in [1.165, 1.54) is 6.07 Å². The van der Waals surface area contributed by atoms with Gasteiger partial charge in [-0.1, -0.05) is 19.1 Å². The molecule has 0 atom stereocenters. The Morgan fingerprint density at radius 3 is 2.88 bits per heavy atom. The molecule has 0 spiro atoms. The molecule has 0 amide bonds. The van der Waals surface area contributed by atoms with Crippen LogP contribution in [0, 0.1) is 0 Å². The van der Waals surface area contributed by atoms with Crippen molar-refractivity contribution in [2.45, 2.75) is 13.3 Å². The molecule has 1 heterocycles. The van der Waals surface area contributed by atoms with E-state index < -0.39 is 5.63 Å². The van der Waals surface area contributed by atoms with Gasteiger partial charge in [-0.05, 0) is 12.1 Å². The number of ether oxygens (including phenoxy) is 1. The van der Waals surface area contributed by atoms with E-state index in [0.717, 1.165) is 5.39 Å². The van der Waals surface area contributed by atoms with E-state index in [4.69, 9.17) is 9.15 Å². The second kappa shape index (κ2) is 4.18. The van der Waals surface area contributed by atoms with Gasteiger partial charge >= 0.3 is 11.6 Å². The van der Waals surface area contributed by atoms with E-state index in [0.29, 0.717) is 5.58 Å². The fraction of sp³-hybridized carbons (Fsp3) is 0.167. The Labute approximate surface area is 91.4 Å². The summed E-state index contributed by atoms with van der Waals surface area (Å²) in [4.78, 5) is 22.3. The molecule has 0 aliphatic heterocycles. The summed E-state index contributed by atoms with van der Waals surface area (Å²) in [5, 5.41) is 0.723. The third kappa shape index (κ3) is 1.95. The van der Waals surface area contributed by atoms with Gasteiger partial charge in [0.05, 0.1) is 0 Å². The Bertz CT molecular complexity index is 583. The van der Waals surface area contributed by atoms with Crippen LogP contribution in [0.3, 0.4) is 0 Å². The summed E-state index contributed by atoms with van der Waals surface area (Å²) >= 11 is 0. The van der Waals surface area contributed by atoms with Crippen molar-refractivity contribution in [3.05, 3.63) is 40.8 Å². The fourth-order valence-corrected chi connectivity index (χ4v) is 1.34. The van der Waals surface area contributed by atoms with Crippen molar-refractivity contribution in [1.29, 1.82) is 0 Å². The van der Waals surface area contributed by atoms with Crippen molar-refractivity contribution < 1.29 is 13.9 Å². The lowest BCUT2D eigenvalue weighted by atomic mass is 10.2. The molecule has 0 N–H and O–H groups in total. The monoisotopic (exact) mass is 218 g/mol. The predicted octanol–water partition coefficient (Wildman–Crippen LogP) is 2.11. The third-order valence-corrected chi connectivity index (χ3v) is 2.12. The number of hydrogen-bond acceptors (Lipinski definition) is 4. The van der Waals surface area contributed by atoms with Crippen molar-refractivity contribution in [2.24, 2.45) is 0 Å².